The lowest BCUT2D eigenvalue weighted by atomic mass is 9.94. The average Bonchev–Trinajstić information content (AvgIpc) is 3.16. The molecule has 2 heterocycles. The first kappa shape index (κ1) is 23.0. The SMILES string of the molecule is CCN(C(=O)Cn1nc(C)nc1C)[C@H]1CCO[C@@H](c2cccc(-c3ccc(OC)cc3)c2)C1. The third-order valence-corrected chi connectivity index (χ3v) is 6.29. The van der Waals surface area contributed by atoms with Crippen LogP contribution in [0, 0.1) is 13.8 Å². The van der Waals surface area contributed by atoms with Gasteiger partial charge in [-0.15, -0.1) is 0 Å². The van der Waals surface area contributed by atoms with Crippen LogP contribution in [0.4, 0.5) is 0 Å². The Bertz CT molecular complexity index is 1090. The number of likely N-dealkylation sites (N-methyl/N-ethyl adjacent to an activating group) is 1. The Kier molecular flexibility index (Phi) is 7.08. The molecule has 174 valence electrons. The monoisotopic (exact) mass is 448 g/mol. The van der Waals surface area contributed by atoms with E-state index in [1.807, 2.05) is 37.8 Å². The second-order valence-electron chi connectivity index (χ2n) is 8.44. The van der Waals surface area contributed by atoms with Gasteiger partial charge in [-0.1, -0.05) is 30.3 Å². The summed E-state index contributed by atoms with van der Waals surface area (Å²) in [5.74, 6) is 2.36. The predicted octanol–water partition coefficient (Wildman–Crippen LogP) is 4.34. The van der Waals surface area contributed by atoms with Crippen LogP contribution in [0.15, 0.2) is 48.5 Å². The molecule has 33 heavy (non-hydrogen) atoms. The fourth-order valence-electron chi connectivity index (χ4n) is 4.56. The Labute approximate surface area is 195 Å². The topological polar surface area (TPSA) is 69.5 Å². The van der Waals surface area contributed by atoms with Crippen molar-refractivity contribution in [1.82, 2.24) is 19.7 Å². The van der Waals surface area contributed by atoms with E-state index < -0.39 is 0 Å². The van der Waals surface area contributed by atoms with E-state index in [9.17, 15) is 4.79 Å². The van der Waals surface area contributed by atoms with Crippen LogP contribution in [0.3, 0.4) is 0 Å². The summed E-state index contributed by atoms with van der Waals surface area (Å²) in [4.78, 5) is 19.4. The molecule has 0 saturated carbocycles. The lowest BCUT2D eigenvalue weighted by Gasteiger charge is -2.37. The number of methoxy groups -OCH3 is 1. The maximum atomic E-state index is 13.1. The maximum Gasteiger partial charge on any atom is 0.244 e. The van der Waals surface area contributed by atoms with E-state index in [0.717, 1.165) is 41.1 Å². The van der Waals surface area contributed by atoms with Crippen molar-refractivity contribution in [2.45, 2.75) is 52.3 Å². The smallest absolute Gasteiger partial charge is 0.244 e. The first-order chi connectivity index (χ1) is 16.0. The highest BCUT2D eigenvalue weighted by atomic mass is 16.5. The summed E-state index contributed by atoms with van der Waals surface area (Å²) in [6.07, 6.45) is 1.57. The third-order valence-electron chi connectivity index (χ3n) is 6.29. The summed E-state index contributed by atoms with van der Waals surface area (Å²) >= 11 is 0. The van der Waals surface area contributed by atoms with Crippen molar-refractivity contribution >= 4 is 5.91 Å². The summed E-state index contributed by atoms with van der Waals surface area (Å²) in [5.41, 5.74) is 3.41. The minimum absolute atomic E-state index is 0.0425. The molecule has 3 aromatic rings. The molecular weight excluding hydrogens is 416 g/mol. The van der Waals surface area contributed by atoms with E-state index in [2.05, 4.69) is 46.5 Å². The van der Waals surface area contributed by atoms with Gasteiger partial charge in [-0.05, 0) is 68.5 Å². The second kappa shape index (κ2) is 10.2. The van der Waals surface area contributed by atoms with Gasteiger partial charge >= 0.3 is 0 Å². The number of nitrogens with zero attached hydrogens (tertiary/aromatic N) is 4. The van der Waals surface area contributed by atoms with Crippen molar-refractivity contribution in [1.29, 1.82) is 0 Å². The Morgan fingerprint density at radius 1 is 1.18 bits per heavy atom. The quantitative estimate of drug-likeness (QED) is 0.538. The molecule has 0 radical (unpaired) electrons. The van der Waals surface area contributed by atoms with Crippen molar-refractivity contribution in [3.05, 3.63) is 65.7 Å². The van der Waals surface area contributed by atoms with Crippen LogP contribution in [-0.4, -0.2) is 51.9 Å². The fraction of sp³-hybridized carbons (Fsp3) is 0.423. The van der Waals surface area contributed by atoms with Crippen molar-refractivity contribution in [2.75, 3.05) is 20.3 Å². The first-order valence-corrected chi connectivity index (χ1v) is 11.5. The maximum absolute atomic E-state index is 13.1. The molecule has 0 aliphatic carbocycles. The molecule has 0 N–H and O–H groups in total. The van der Waals surface area contributed by atoms with Gasteiger partial charge in [0.25, 0.3) is 0 Å². The number of carbonyl (C=O) groups is 1. The van der Waals surface area contributed by atoms with Crippen molar-refractivity contribution in [3.63, 3.8) is 0 Å². The highest BCUT2D eigenvalue weighted by molar-refractivity contribution is 5.76. The molecule has 4 rings (SSSR count). The standard InChI is InChI=1S/C26H32N4O3/c1-5-29(26(31)17-30-19(3)27-18(2)28-30)23-13-14-33-25(16-23)22-8-6-7-21(15-22)20-9-11-24(32-4)12-10-20/h6-12,15,23,25H,5,13-14,16-17H2,1-4H3/t23-,25+/m0/s1. The van der Waals surface area contributed by atoms with E-state index in [-0.39, 0.29) is 24.6 Å². The molecule has 2 atom stereocenters. The number of ether oxygens (including phenoxy) is 2. The number of hydrogen-bond acceptors (Lipinski definition) is 5. The van der Waals surface area contributed by atoms with Crippen LogP contribution in [0.2, 0.25) is 0 Å². The lowest BCUT2D eigenvalue weighted by molar-refractivity contribution is -0.137. The van der Waals surface area contributed by atoms with Gasteiger partial charge in [-0.2, -0.15) is 5.10 Å². The molecule has 0 unspecified atom stereocenters. The first-order valence-electron chi connectivity index (χ1n) is 11.5. The minimum atomic E-state index is -0.0425. The third kappa shape index (κ3) is 5.25. The molecule has 2 aromatic carbocycles. The van der Waals surface area contributed by atoms with E-state index in [4.69, 9.17) is 9.47 Å². The lowest BCUT2D eigenvalue weighted by Crippen LogP contribution is -2.45. The van der Waals surface area contributed by atoms with Gasteiger partial charge < -0.3 is 14.4 Å². The van der Waals surface area contributed by atoms with E-state index in [0.29, 0.717) is 19.0 Å². The zero-order chi connectivity index (χ0) is 23.4. The van der Waals surface area contributed by atoms with Gasteiger partial charge in [0.15, 0.2) is 0 Å². The van der Waals surface area contributed by atoms with Crippen molar-refractivity contribution in [2.24, 2.45) is 0 Å². The van der Waals surface area contributed by atoms with Crippen molar-refractivity contribution in [3.8, 4) is 16.9 Å². The molecule has 0 bridgehead atoms. The van der Waals surface area contributed by atoms with Gasteiger partial charge in [-0.25, -0.2) is 9.67 Å². The number of carbonyl (C=O) groups excluding carboxylic acids is 1. The Morgan fingerprint density at radius 2 is 1.97 bits per heavy atom. The summed E-state index contributed by atoms with van der Waals surface area (Å²) in [5, 5.41) is 4.35. The zero-order valence-corrected chi connectivity index (χ0v) is 19.8. The predicted molar refractivity (Wildman–Crippen MR) is 127 cm³/mol. The molecule has 1 fully saturated rings. The second-order valence-corrected chi connectivity index (χ2v) is 8.44. The number of aryl methyl sites for hydroxylation is 2. The molecule has 1 amide bonds. The Morgan fingerprint density at radius 3 is 2.64 bits per heavy atom. The molecule has 7 heteroatoms. The molecule has 1 aromatic heterocycles. The summed E-state index contributed by atoms with van der Waals surface area (Å²) < 4.78 is 13.1. The highest BCUT2D eigenvalue weighted by Gasteiger charge is 2.30. The number of rotatable bonds is 7. The summed E-state index contributed by atoms with van der Waals surface area (Å²) in [7, 11) is 1.67. The van der Waals surface area contributed by atoms with Gasteiger partial charge in [-0.3, -0.25) is 4.79 Å². The van der Waals surface area contributed by atoms with Gasteiger partial charge in [0.2, 0.25) is 5.91 Å². The van der Waals surface area contributed by atoms with Gasteiger partial charge in [0, 0.05) is 19.2 Å². The van der Waals surface area contributed by atoms with Crippen LogP contribution in [0.5, 0.6) is 5.75 Å². The fourth-order valence-corrected chi connectivity index (χ4v) is 4.56. The number of aromatic nitrogens is 3. The average molecular weight is 449 g/mol. The molecule has 1 aliphatic heterocycles. The molecule has 1 aliphatic rings. The van der Waals surface area contributed by atoms with E-state index >= 15 is 0 Å². The Balaban J connectivity index is 1.48. The Hall–Kier alpha value is -3.19. The molecule has 7 nitrogen and oxygen atoms in total. The highest BCUT2D eigenvalue weighted by Crippen LogP contribution is 2.33. The van der Waals surface area contributed by atoms with Crippen LogP contribution < -0.4 is 4.74 Å². The number of amides is 1. The van der Waals surface area contributed by atoms with Gasteiger partial charge in [0.05, 0.1) is 13.2 Å². The van der Waals surface area contributed by atoms with E-state index in [1.165, 1.54) is 0 Å². The van der Waals surface area contributed by atoms with Crippen LogP contribution in [-0.2, 0) is 16.1 Å². The minimum Gasteiger partial charge on any atom is -0.497 e. The number of hydrogen-bond donors (Lipinski definition) is 0. The van der Waals surface area contributed by atoms with E-state index in [1.54, 1.807) is 11.8 Å². The van der Waals surface area contributed by atoms with Crippen LogP contribution >= 0.6 is 0 Å². The molecule has 0 spiro atoms. The normalized spacial score (nSPS) is 18.2. The molecule has 1 saturated heterocycles. The van der Waals surface area contributed by atoms with Gasteiger partial charge in [0.1, 0.15) is 23.9 Å². The largest absolute Gasteiger partial charge is 0.497 e. The molecular formula is C26H32N4O3. The zero-order valence-electron chi connectivity index (χ0n) is 19.8. The van der Waals surface area contributed by atoms with Crippen molar-refractivity contribution < 1.29 is 14.3 Å². The summed E-state index contributed by atoms with van der Waals surface area (Å²) in [6, 6.07) is 16.7. The van der Waals surface area contributed by atoms with Crippen LogP contribution in [0.1, 0.15) is 43.1 Å². The summed E-state index contributed by atoms with van der Waals surface area (Å²) in [6.45, 7) is 7.27. The van der Waals surface area contributed by atoms with Crippen LogP contribution in [0.25, 0.3) is 11.1 Å². The number of benzene rings is 2.